The van der Waals surface area contributed by atoms with Gasteiger partial charge >= 0.3 is 11.6 Å². The number of aryl methyl sites for hydroxylation is 4. The second kappa shape index (κ2) is 12.1. The molecule has 0 saturated heterocycles. The van der Waals surface area contributed by atoms with Crippen molar-refractivity contribution in [1.29, 1.82) is 0 Å². The molecule has 0 amide bonds. The minimum atomic E-state index is -0.719. The van der Waals surface area contributed by atoms with E-state index in [4.69, 9.17) is 0 Å². The molecule has 1 unspecified atom stereocenters. The zero-order valence-electron chi connectivity index (χ0n) is 33.0. The molecular weight excluding hydrogens is 757 g/mol. The average molecular weight is 794 g/mol. The molecular formula is C49H37N12+3. The number of rotatable bonds is 10. The monoisotopic (exact) mass is 793 g/mol. The number of benzene rings is 2. The third kappa shape index (κ3) is 4.32. The van der Waals surface area contributed by atoms with Gasteiger partial charge in [-0.2, -0.15) is 9.13 Å². The third-order valence-electron chi connectivity index (χ3n) is 13.3. The Morgan fingerprint density at radius 3 is 2.46 bits per heavy atom. The van der Waals surface area contributed by atoms with Crippen LogP contribution >= 0.6 is 0 Å². The number of hydrogen-bond donors (Lipinski definition) is 1. The highest BCUT2D eigenvalue weighted by Crippen LogP contribution is 2.49. The Kier molecular flexibility index (Phi) is 6.55. The molecule has 8 aromatic rings. The number of hydrogen-bond acceptors (Lipinski definition) is 5. The number of allylic oxidation sites excluding steroid dienone is 5. The van der Waals surface area contributed by atoms with Crippen molar-refractivity contribution in [2.75, 3.05) is 0 Å². The molecule has 0 fully saturated rings. The first-order valence-corrected chi connectivity index (χ1v) is 21.0. The molecule has 0 aliphatic carbocycles. The highest BCUT2D eigenvalue weighted by Gasteiger charge is 2.71. The summed E-state index contributed by atoms with van der Waals surface area (Å²) in [5.41, 5.74) is 18.5. The summed E-state index contributed by atoms with van der Waals surface area (Å²) < 4.78 is 14.8. The fraction of sp³-hybridized carbons (Fsp3) is 0.143. The Labute approximate surface area is 348 Å². The minimum Gasteiger partial charge on any atom is -0.315 e. The summed E-state index contributed by atoms with van der Waals surface area (Å²) in [7, 11) is 0. The van der Waals surface area contributed by atoms with Crippen LogP contribution in [0, 0.1) is 0 Å². The Morgan fingerprint density at radius 2 is 1.54 bits per heavy atom. The summed E-state index contributed by atoms with van der Waals surface area (Å²) in [6, 6.07) is 27.3. The van der Waals surface area contributed by atoms with Gasteiger partial charge in [0, 0.05) is 48.6 Å². The second-order valence-electron chi connectivity index (χ2n) is 16.5. The van der Waals surface area contributed by atoms with Crippen molar-refractivity contribution in [3.63, 3.8) is 0 Å². The Bertz CT molecular complexity index is 3610. The lowest BCUT2D eigenvalue weighted by Gasteiger charge is -2.39. The van der Waals surface area contributed by atoms with Gasteiger partial charge in [0.1, 0.15) is 17.4 Å². The van der Waals surface area contributed by atoms with Crippen molar-refractivity contribution >= 4 is 57.0 Å². The van der Waals surface area contributed by atoms with E-state index in [1.165, 1.54) is 78.3 Å². The van der Waals surface area contributed by atoms with Gasteiger partial charge in [-0.25, -0.2) is 24.5 Å². The van der Waals surface area contributed by atoms with Gasteiger partial charge in [-0.15, -0.1) is 0 Å². The first-order valence-electron chi connectivity index (χ1n) is 21.0. The summed E-state index contributed by atoms with van der Waals surface area (Å²) in [5.74, 6) is -0.719. The van der Waals surface area contributed by atoms with E-state index in [0.29, 0.717) is 0 Å². The largest absolute Gasteiger partial charge is 0.553 e. The van der Waals surface area contributed by atoms with Crippen molar-refractivity contribution in [2.24, 2.45) is 0 Å². The molecule has 0 bridgehead atoms. The molecule has 6 aliphatic heterocycles. The van der Waals surface area contributed by atoms with Crippen molar-refractivity contribution in [1.82, 2.24) is 43.6 Å². The van der Waals surface area contributed by atoms with Gasteiger partial charge in [0.25, 0.3) is 0 Å². The van der Waals surface area contributed by atoms with E-state index in [1.54, 1.807) is 18.9 Å². The average Bonchev–Trinajstić information content (AvgIpc) is 4.17. The molecule has 2 aromatic carbocycles. The van der Waals surface area contributed by atoms with E-state index >= 15 is 0 Å². The summed E-state index contributed by atoms with van der Waals surface area (Å²) in [4.78, 5) is 25.2. The lowest BCUT2D eigenvalue weighted by atomic mass is 9.90. The van der Waals surface area contributed by atoms with Gasteiger partial charge in [0.15, 0.2) is 23.8 Å². The summed E-state index contributed by atoms with van der Waals surface area (Å²) in [6.45, 7) is 1.68. The Hall–Kier alpha value is -7.86. The third-order valence-corrected chi connectivity index (χ3v) is 13.3. The van der Waals surface area contributed by atoms with E-state index in [9.17, 15) is 0 Å². The quantitative estimate of drug-likeness (QED) is 0.205. The molecule has 1 N–H and O–H groups in total. The SMILES string of the molecule is C1=CC2=[N+]3C1=Cc1ccc4n1C31n3c(ccc3=C4c3ccccc3CCC[n+]3c[nH]c4cncnc43)=CC3=[N+]1C(=C2c1ccccc1CCCn1cnc2cncnc21)C=C3. The van der Waals surface area contributed by atoms with E-state index in [1.807, 2.05) is 18.9 Å². The predicted molar refractivity (Wildman–Crippen MR) is 230 cm³/mol. The van der Waals surface area contributed by atoms with E-state index in [2.05, 4.69) is 167 Å². The van der Waals surface area contributed by atoms with Crippen LogP contribution in [0.15, 0.2) is 146 Å². The number of fused-ring (bicyclic) bond motifs is 2. The van der Waals surface area contributed by atoms with Crippen LogP contribution in [0.3, 0.4) is 0 Å². The van der Waals surface area contributed by atoms with Crippen molar-refractivity contribution < 1.29 is 13.7 Å². The number of imidazole rings is 2. The molecule has 6 aromatic heterocycles. The highest BCUT2D eigenvalue weighted by molar-refractivity contribution is 6.30. The van der Waals surface area contributed by atoms with Crippen LogP contribution in [0.4, 0.5) is 0 Å². The molecule has 1 spiro atoms. The standard InChI is InChI=1S/C49H36N12/c1-3-11-37(31(7-1)9-5-21-56-29-54-39-25-50-27-52-47(39)56)45-41-17-13-33-23-35-15-19-43-46(38-12-4-2-8-32(38)10-6-22-57-30-55-40-26-51-28-53-48(40)57)44-20-16-36-24-34-14-18-42(45)59(34)49(58(33)41,60(35)43)61(36)44/h1-4,7-8,11-20,23-30H,5-6,9-10,21-22H2/q+2/p+1. The van der Waals surface area contributed by atoms with Gasteiger partial charge in [0.05, 0.1) is 47.4 Å². The molecule has 0 saturated carbocycles. The number of nitrogens with one attached hydrogen (secondary N) is 1. The molecule has 12 nitrogen and oxygen atoms in total. The molecule has 1 atom stereocenters. The minimum absolute atomic E-state index is 0.719. The van der Waals surface area contributed by atoms with Gasteiger partial charge < -0.3 is 4.57 Å². The lowest BCUT2D eigenvalue weighted by Crippen LogP contribution is -2.70. The van der Waals surface area contributed by atoms with Crippen LogP contribution < -0.4 is 15.3 Å². The maximum Gasteiger partial charge on any atom is 0.553 e. The van der Waals surface area contributed by atoms with E-state index < -0.39 is 5.91 Å². The van der Waals surface area contributed by atoms with Crippen LogP contribution in [-0.4, -0.2) is 64.2 Å². The molecule has 0 radical (unpaired) electrons. The highest BCUT2D eigenvalue weighted by atomic mass is 15.6. The number of H-pyrrole nitrogens is 1. The predicted octanol–water partition coefficient (Wildman–Crippen LogP) is 4.55. The van der Waals surface area contributed by atoms with Gasteiger partial charge in [-0.1, -0.05) is 62.7 Å². The molecule has 6 aliphatic rings. The Morgan fingerprint density at radius 1 is 0.705 bits per heavy atom. The first kappa shape index (κ1) is 33.0. The fourth-order valence-corrected chi connectivity index (χ4v) is 11.0. The molecule has 14 rings (SSSR count). The van der Waals surface area contributed by atoms with Gasteiger partial charge in [0.2, 0.25) is 22.8 Å². The number of nitrogens with zero attached hydrogens (tertiary/aromatic N) is 11. The smallest absolute Gasteiger partial charge is 0.315 e. The lowest BCUT2D eigenvalue weighted by molar-refractivity contribution is -0.835. The maximum absolute atomic E-state index is 4.54. The van der Waals surface area contributed by atoms with Crippen LogP contribution in [0.1, 0.15) is 46.5 Å². The van der Waals surface area contributed by atoms with Crippen molar-refractivity contribution in [2.45, 2.75) is 44.7 Å². The van der Waals surface area contributed by atoms with Gasteiger partial charge in [-0.05, 0) is 72.2 Å². The normalized spacial score (nSPS) is 18.5. The van der Waals surface area contributed by atoms with E-state index in [0.717, 1.165) is 61.1 Å². The summed E-state index contributed by atoms with van der Waals surface area (Å²) in [5, 5.41) is 2.41. The molecule has 12 heterocycles. The molecule has 12 heteroatoms. The van der Waals surface area contributed by atoms with E-state index in [-0.39, 0.29) is 0 Å². The van der Waals surface area contributed by atoms with Crippen molar-refractivity contribution in [3.8, 4) is 0 Å². The summed E-state index contributed by atoms with van der Waals surface area (Å²) in [6.07, 6.45) is 28.5. The number of aromatic amines is 1. The van der Waals surface area contributed by atoms with Crippen LogP contribution in [0.25, 0.3) is 45.6 Å². The van der Waals surface area contributed by atoms with Crippen LogP contribution in [-0.2, 0) is 31.8 Å². The zero-order chi connectivity index (χ0) is 39.8. The fourth-order valence-electron chi connectivity index (χ4n) is 11.0. The molecule has 61 heavy (non-hydrogen) atoms. The summed E-state index contributed by atoms with van der Waals surface area (Å²) >= 11 is 0. The second-order valence-corrected chi connectivity index (χ2v) is 16.5. The van der Waals surface area contributed by atoms with Crippen LogP contribution in [0.5, 0.6) is 0 Å². The Balaban J connectivity index is 0.905. The van der Waals surface area contributed by atoms with Gasteiger partial charge in [-0.3, -0.25) is 4.98 Å². The van der Waals surface area contributed by atoms with Crippen molar-refractivity contribution in [3.05, 3.63) is 191 Å². The van der Waals surface area contributed by atoms with Crippen LogP contribution in [0.2, 0.25) is 0 Å². The maximum atomic E-state index is 4.54. The topological polar surface area (TPSA) is 105 Å². The molecule has 290 valence electrons. The number of aromatic nitrogens is 10. The zero-order valence-corrected chi connectivity index (χ0v) is 33.0. The first-order chi connectivity index (χ1) is 30.3.